The second-order valence-corrected chi connectivity index (χ2v) is 8.46. The van der Waals surface area contributed by atoms with Crippen molar-refractivity contribution in [1.29, 1.82) is 0 Å². The summed E-state index contributed by atoms with van der Waals surface area (Å²) in [5.41, 5.74) is 14.9. The molecule has 184 valence electrons. The summed E-state index contributed by atoms with van der Waals surface area (Å²) >= 11 is 0. The second-order valence-electron chi connectivity index (χ2n) is 8.46. The molecule has 0 aromatic heterocycles. The summed E-state index contributed by atoms with van der Waals surface area (Å²) in [6.07, 6.45) is 2.13. The van der Waals surface area contributed by atoms with Crippen LogP contribution in [0.25, 0.3) is 0 Å². The largest absolute Gasteiger partial charge is 0.370 e. The van der Waals surface area contributed by atoms with Crippen molar-refractivity contribution >= 4 is 23.8 Å². The molecule has 0 saturated heterocycles. The van der Waals surface area contributed by atoms with E-state index in [1.54, 1.807) is 0 Å². The fourth-order valence-electron chi connectivity index (χ4n) is 3.93. The molecule has 2 aromatic carbocycles. The van der Waals surface area contributed by atoms with Crippen molar-refractivity contribution in [2.75, 3.05) is 19.6 Å². The Morgan fingerprint density at radius 1 is 0.829 bits per heavy atom. The van der Waals surface area contributed by atoms with E-state index >= 15 is 0 Å². The van der Waals surface area contributed by atoms with Crippen LogP contribution in [0.1, 0.15) is 24.5 Å². The van der Waals surface area contributed by atoms with E-state index in [4.69, 9.17) is 11.5 Å². The Morgan fingerprint density at radius 2 is 1.51 bits per heavy atom. The Labute approximate surface area is 206 Å². The molecule has 0 radical (unpaired) electrons. The van der Waals surface area contributed by atoms with Crippen molar-refractivity contribution in [3.05, 3.63) is 71.8 Å². The Kier molecular flexibility index (Phi) is 8.16. The van der Waals surface area contributed by atoms with E-state index in [0.717, 1.165) is 25.8 Å². The molecule has 2 atom stereocenters. The molecule has 0 saturated carbocycles. The van der Waals surface area contributed by atoms with Gasteiger partial charge in [-0.2, -0.15) is 0 Å². The molecule has 0 fully saturated rings. The Balaban J connectivity index is 1.33. The van der Waals surface area contributed by atoms with Crippen LogP contribution in [0.3, 0.4) is 0 Å². The maximum absolute atomic E-state index is 6.28. The highest BCUT2D eigenvalue weighted by atomic mass is 15.4. The molecule has 0 bridgehead atoms. The fourth-order valence-corrected chi connectivity index (χ4v) is 3.93. The molecule has 2 aliphatic heterocycles. The number of nitrogens with one attached hydrogen (secondary N) is 3. The van der Waals surface area contributed by atoms with E-state index in [1.165, 1.54) is 11.1 Å². The highest BCUT2D eigenvalue weighted by Gasteiger charge is 2.26. The predicted molar refractivity (Wildman–Crippen MR) is 142 cm³/mol. The van der Waals surface area contributed by atoms with Crippen LogP contribution in [0.15, 0.2) is 80.6 Å². The van der Waals surface area contributed by atoms with Crippen LogP contribution in [0.4, 0.5) is 0 Å². The van der Waals surface area contributed by atoms with Crippen molar-refractivity contribution in [2.24, 2.45) is 31.4 Å². The number of aliphatic imine (C=N–C) groups is 4. The molecule has 4 rings (SSSR count). The summed E-state index contributed by atoms with van der Waals surface area (Å²) in [6, 6.07) is 20.7. The Hall–Kier alpha value is -4.08. The van der Waals surface area contributed by atoms with Crippen molar-refractivity contribution in [1.82, 2.24) is 20.9 Å². The van der Waals surface area contributed by atoms with Gasteiger partial charge >= 0.3 is 0 Å². The topological polar surface area (TPSA) is 141 Å². The molecule has 10 heteroatoms. The van der Waals surface area contributed by atoms with Gasteiger partial charge in [-0.1, -0.05) is 60.7 Å². The number of rotatable bonds is 9. The standard InChI is InChI=1S/C25H34N10/c1-18-30-23(27)35(25(31-18)29-16-14-20-11-6-3-7-12-20)17-21-32-22(26)34-24(33-21)28-15-8-13-19-9-4-2-5-10-19/h2-7,9-12,18,21H,8,13-17H2,1H3,(H2,27,30)(H,29,31)(H4,26,28,32,33,34). The fraction of sp³-hybridized carbons (Fsp3) is 0.360. The van der Waals surface area contributed by atoms with E-state index in [-0.39, 0.29) is 6.17 Å². The van der Waals surface area contributed by atoms with Crippen LogP contribution in [0, 0.1) is 0 Å². The molecular weight excluding hydrogens is 440 g/mol. The minimum atomic E-state index is -0.448. The number of nitrogens with two attached hydrogens (primary N) is 2. The molecule has 0 aliphatic carbocycles. The summed E-state index contributed by atoms with van der Waals surface area (Å²) in [5.74, 6) is 1.97. The van der Waals surface area contributed by atoms with Gasteiger partial charge in [-0.15, -0.1) is 0 Å². The zero-order chi connectivity index (χ0) is 24.5. The van der Waals surface area contributed by atoms with Gasteiger partial charge < -0.3 is 22.1 Å². The summed E-state index contributed by atoms with van der Waals surface area (Å²) < 4.78 is 0. The Bertz CT molecular complexity index is 1080. The van der Waals surface area contributed by atoms with Gasteiger partial charge in [0.15, 0.2) is 24.0 Å². The van der Waals surface area contributed by atoms with Gasteiger partial charge in [0.05, 0.1) is 6.54 Å². The Morgan fingerprint density at radius 3 is 2.23 bits per heavy atom. The van der Waals surface area contributed by atoms with Gasteiger partial charge in [0.1, 0.15) is 6.17 Å². The van der Waals surface area contributed by atoms with Crippen LogP contribution in [0.2, 0.25) is 0 Å². The first-order chi connectivity index (χ1) is 17.1. The smallest absolute Gasteiger partial charge is 0.203 e. The highest BCUT2D eigenvalue weighted by Crippen LogP contribution is 2.09. The number of hydrogen-bond acceptors (Lipinski definition) is 10. The van der Waals surface area contributed by atoms with Crippen molar-refractivity contribution in [3.63, 3.8) is 0 Å². The zero-order valence-corrected chi connectivity index (χ0v) is 20.1. The summed E-state index contributed by atoms with van der Waals surface area (Å²) in [6.45, 7) is 3.75. The van der Waals surface area contributed by atoms with Crippen LogP contribution in [-0.4, -0.2) is 60.7 Å². The zero-order valence-electron chi connectivity index (χ0n) is 20.1. The van der Waals surface area contributed by atoms with E-state index in [2.05, 4.69) is 72.3 Å². The second kappa shape index (κ2) is 11.9. The van der Waals surface area contributed by atoms with Crippen LogP contribution < -0.4 is 27.4 Å². The molecule has 35 heavy (non-hydrogen) atoms. The normalized spacial score (nSPS) is 19.6. The monoisotopic (exact) mass is 474 g/mol. The lowest BCUT2D eigenvalue weighted by Gasteiger charge is -2.32. The first-order valence-corrected chi connectivity index (χ1v) is 12.0. The minimum absolute atomic E-state index is 0.252. The lowest BCUT2D eigenvalue weighted by atomic mass is 10.1. The van der Waals surface area contributed by atoms with Crippen molar-refractivity contribution in [2.45, 2.75) is 38.5 Å². The quantitative estimate of drug-likeness (QED) is 0.343. The SMILES string of the molecule is CC1N=C(N)N(CC2N=C(N)NC(NCCCc3ccccc3)=N2)C(NCCc2ccccc2)=N1. The van der Waals surface area contributed by atoms with Gasteiger partial charge in [-0.25, -0.2) is 20.0 Å². The number of nitrogens with zero attached hydrogens (tertiary/aromatic N) is 5. The third kappa shape index (κ3) is 7.20. The van der Waals surface area contributed by atoms with Gasteiger partial charge in [0, 0.05) is 13.1 Å². The molecule has 0 spiro atoms. The third-order valence-electron chi connectivity index (χ3n) is 5.64. The molecule has 2 aliphatic rings. The molecular formula is C25H34N10. The van der Waals surface area contributed by atoms with E-state index in [9.17, 15) is 0 Å². The van der Waals surface area contributed by atoms with Gasteiger partial charge in [-0.05, 0) is 37.3 Å². The maximum atomic E-state index is 6.28. The van der Waals surface area contributed by atoms with Gasteiger partial charge in [0.25, 0.3) is 0 Å². The van der Waals surface area contributed by atoms with E-state index < -0.39 is 6.17 Å². The number of guanidine groups is 4. The van der Waals surface area contributed by atoms with E-state index in [1.807, 2.05) is 36.1 Å². The number of aryl methyl sites for hydroxylation is 1. The average Bonchev–Trinajstić information content (AvgIpc) is 2.85. The summed E-state index contributed by atoms with van der Waals surface area (Å²) in [4.78, 5) is 20.0. The maximum Gasteiger partial charge on any atom is 0.203 e. The van der Waals surface area contributed by atoms with Crippen LogP contribution in [0.5, 0.6) is 0 Å². The molecule has 2 unspecified atom stereocenters. The minimum Gasteiger partial charge on any atom is -0.370 e. The molecule has 2 heterocycles. The number of hydrogen-bond donors (Lipinski definition) is 5. The first-order valence-electron chi connectivity index (χ1n) is 12.0. The average molecular weight is 475 g/mol. The molecule has 2 aromatic rings. The van der Waals surface area contributed by atoms with Crippen molar-refractivity contribution in [3.8, 4) is 0 Å². The van der Waals surface area contributed by atoms with Gasteiger partial charge in [-0.3, -0.25) is 10.2 Å². The predicted octanol–water partition coefficient (Wildman–Crippen LogP) is 0.973. The number of benzene rings is 2. The van der Waals surface area contributed by atoms with Gasteiger partial charge in [0.2, 0.25) is 5.96 Å². The van der Waals surface area contributed by atoms with Crippen molar-refractivity contribution < 1.29 is 0 Å². The third-order valence-corrected chi connectivity index (χ3v) is 5.64. The van der Waals surface area contributed by atoms with Crippen LogP contribution >= 0.6 is 0 Å². The lowest BCUT2D eigenvalue weighted by molar-refractivity contribution is 0.480. The molecule has 7 N–H and O–H groups in total. The summed E-state index contributed by atoms with van der Waals surface area (Å²) in [7, 11) is 0. The first kappa shape index (κ1) is 24.1. The van der Waals surface area contributed by atoms with E-state index in [0.29, 0.717) is 36.9 Å². The van der Waals surface area contributed by atoms with Crippen LogP contribution in [-0.2, 0) is 12.8 Å². The highest BCUT2D eigenvalue weighted by molar-refractivity contribution is 6.01. The lowest BCUT2D eigenvalue weighted by Crippen LogP contribution is -2.55. The molecule has 0 amide bonds. The summed E-state index contributed by atoms with van der Waals surface area (Å²) in [5, 5.41) is 9.73. The molecule has 10 nitrogen and oxygen atoms in total.